The van der Waals surface area contributed by atoms with Gasteiger partial charge >= 0.3 is 6.09 Å². The highest BCUT2D eigenvalue weighted by atomic mass is 32.2. The van der Waals surface area contributed by atoms with Crippen molar-refractivity contribution in [2.24, 2.45) is 0 Å². The topological polar surface area (TPSA) is 72.5 Å². The van der Waals surface area contributed by atoms with Crippen molar-refractivity contribution in [2.45, 2.75) is 55.4 Å². The van der Waals surface area contributed by atoms with Crippen LogP contribution in [0.25, 0.3) is 0 Å². The Morgan fingerprint density at radius 3 is 2.17 bits per heavy atom. The molecular weight excluding hydrogens is 314 g/mol. The fraction of sp³-hybridized carbons (Fsp3) is 0.588. The third-order valence-electron chi connectivity index (χ3n) is 5.54. The molecule has 4 rings (SSSR count). The Morgan fingerprint density at radius 2 is 1.65 bits per heavy atom. The first-order valence-electron chi connectivity index (χ1n) is 8.03. The zero-order valence-corrected chi connectivity index (χ0v) is 14.2. The summed E-state index contributed by atoms with van der Waals surface area (Å²) in [5.74, 6) is 0. The van der Waals surface area contributed by atoms with Crippen LogP contribution < -0.4 is 5.32 Å². The Bertz CT molecular complexity index is 659. The number of alkyl carbamates (subject to hydrolysis) is 1. The summed E-state index contributed by atoms with van der Waals surface area (Å²) in [6.45, 7) is 0.246. The van der Waals surface area contributed by atoms with Crippen molar-refractivity contribution in [3.8, 4) is 0 Å². The summed E-state index contributed by atoms with van der Waals surface area (Å²) in [5.41, 5.74) is 0.656. The molecular formula is C17H23NO4S. The molecule has 5 nitrogen and oxygen atoms in total. The van der Waals surface area contributed by atoms with Gasteiger partial charge in [0, 0.05) is 11.8 Å². The van der Waals surface area contributed by atoms with Crippen molar-refractivity contribution in [1.82, 2.24) is 5.32 Å². The van der Waals surface area contributed by atoms with Gasteiger partial charge in [-0.3, -0.25) is 0 Å². The van der Waals surface area contributed by atoms with Crippen molar-refractivity contribution in [2.75, 3.05) is 6.26 Å². The molecule has 2 bridgehead atoms. The van der Waals surface area contributed by atoms with E-state index in [0.717, 1.165) is 5.56 Å². The maximum Gasteiger partial charge on any atom is 0.407 e. The lowest BCUT2D eigenvalue weighted by Crippen LogP contribution is -2.60. The summed E-state index contributed by atoms with van der Waals surface area (Å²) in [6.07, 6.45) is 4.94. The summed E-state index contributed by atoms with van der Waals surface area (Å²) in [4.78, 5) is 12.1. The SMILES string of the molecule is CS(=O)(=O)C12CCC(NC(=O)OCc3ccccc3)(CC1)CC2. The van der Waals surface area contributed by atoms with Crippen molar-refractivity contribution < 1.29 is 17.9 Å². The Balaban J connectivity index is 1.56. The van der Waals surface area contributed by atoms with Gasteiger partial charge in [0.15, 0.2) is 9.84 Å². The summed E-state index contributed by atoms with van der Waals surface area (Å²) >= 11 is 0. The molecule has 0 aromatic heterocycles. The molecule has 0 radical (unpaired) electrons. The van der Waals surface area contributed by atoms with E-state index in [2.05, 4.69) is 5.32 Å². The van der Waals surface area contributed by atoms with Crippen LogP contribution in [0, 0.1) is 0 Å². The first-order chi connectivity index (χ1) is 10.8. The van der Waals surface area contributed by atoms with Crippen LogP contribution in [0.4, 0.5) is 4.79 Å². The third-order valence-corrected chi connectivity index (χ3v) is 7.73. The molecule has 3 saturated carbocycles. The smallest absolute Gasteiger partial charge is 0.407 e. The molecule has 23 heavy (non-hydrogen) atoms. The second-order valence-electron chi connectivity index (χ2n) is 6.92. The van der Waals surface area contributed by atoms with E-state index in [0.29, 0.717) is 38.5 Å². The quantitative estimate of drug-likeness (QED) is 0.917. The number of carbonyl (C=O) groups is 1. The van der Waals surface area contributed by atoms with Crippen LogP contribution in [0.5, 0.6) is 0 Å². The number of benzene rings is 1. The number of fused-ring (bicyclic) bond motifs is 3. The van der Waals surface area contributed by atoms with Gasteiger partial charge in [0.25, 0.3) is 0 Å². The summed E-state index contributed by atoms with van der Waals surface area (Å²) < 4.78 is 28.8. The molecule has 0 heterocycles. The molecule has 1 aromatic carbocycles. The number of hydrogen-bond donors (Lipinski definition) is 1. The molecule has 0 atom stereocenters. The van der Waals surface area contributed by atoms with Crippen LogP contribution in [-0.4, -0.2) is 31.1 Å². The average molecular weight is 337 g/mol. The minimum atomic E-state index is -3.05. The first-order valence-corrected chi connectivity index (χ1v) is 9.92. The first kappa shape index (κ1) is 16.3. The lowest BCUT2D eigenvalue weighted by Gasteiger charge is -2.52. The van der Waals surface area contributed by atoms with Crippen LogP contribution in [0.15, 0.2) is 30.3 Å². The Morgan fingerprint density at radius 1 is 1.09 bits per heavy atom. The number of carbonyl (C=O) groups excluding carboxylic acids is 1. The summed E-state index contributed by atoms with van der Waals surface area (Å²) in [7, 11) is -3.05. The highest BCUT2D eigenvalue weighted by Crippen LogP contribution is 2.50. The lowest BCUT2D eigenvalue weighted by molar-refractivity contribution is 0.0876. The van der Waals surface area contributed by atoms with Crippen molar-refractivity contribution >= 4 is 15.9 Å². The van der Waals surface area contributed by atoms with Gasteiger partial charge in [-0.15, -0.1) is 0 Å². The number of rotatable bonds is 4. The molecule has 126 valence electrons. The number of ether oxygens (including phenoxy) is 1. The molecule has 3 aliphatic rings. The molecule has 0 aliphatic heterocycles. The maximum absolute atomic E-state index is 12.1. The van der Waals surface area contributed by atoms with E-state index in [-0.39, 0.29) is 12.1 Å². The fourth-order valence-electron chi connectivity index (χ4n) is 3.87. The van der Waals surface area contributed by atoms with E-state index in [1.165, 1.54) is 6.26 Å². The zero-order chi connectivity index (χ0) is 16.6. The number of nitrogens with one attached hydrogen (secondary N) is 1. The van der Waals surface area contributed by atoms with Gasteiger partial charge in [0.1, 0.15) is 6.61 Å². The van der Waals surface area contributed by atoms with Gasteiger partial charge < -0.3 is 10.1 Å². The summed E-state index contributed by atoms with van der Waals surface area (Å²) in [5, 5.41) is 3.00. The van der Waals surface area contributed by atoms with Gasteiger partial charge in [-0.05, 0) is 44.1 Å². The van der Waals surface area contributed by atoms with Gasteiger partial charge in [0.05, 0.1) is 4.75 Å². The predicted octanol–water partition coefficient (Wildman–Crippen LogP) is 2.80. The van der Waals surface area contributed by atoms with Crippen LogP contribution in [0.1, 0.15) is 44.1 Å². The normalized spacial score (nSPS) is 30.0. The minimum Gasteiger partial charge on any atom is -0.445 e. The predicted molar refractivity (Wildman–Crippen MR) is 87.8 cm³/mol. The number of sulfone groups is 1. The standard InChI is InChI=1S/C17H23NO4S/c1-23(20,21)17-10-7-16(8-11-17,9-12-17)18-15(19)22-13-14-5-3-2-4-6-14/h2-6H,7-13H2,1H3,(H,18,19). The van der Waals surface area contributed by atoms with Gasteiger partial charge in [-0.25, -0.2) is 13.2 Å². The van der Waals surface area contributed by atoms with Crippen LogP contribution in [0.2, 0.25) is 0 Å². The monoisotopic (exact) mass is 337 g/mol. The average Bonchev–Trinajstić information content (AvgIpc) is 2.54. The van der Waals surface area contributed by atoms with E-state index >= 15 is 0 Å². The minimum absolute atomic E-state index is 0.246. The molecule has 6 heteroatoms. The fourth-order valence-corrected chi connectivity index (χ4v) is 5.29. The molecule has 1 N–H and O–H groups in total. The van der Waals surface area contributed by atoms with E-state index in [4.69, 9.17) is 4.74 Å². The Labute approximate surface area is 137 Å². The molecule has 3 aliphatic carbocycles. The molecule has 0 unspecified atom stereocenters. The highest BCUT2D eigenvalue weighted by Gasteiger charge is 2.54. The molecule has 0 spiro atoms. The second kappa shape index (κ2) is 5.82. The molecule has 0 saturated heterocycles. The van der Waals surface area contributed by atoms with Crippen LogP contribution in [-0.2, 0) is 21.2 Å². The zero-order valence-electron chi connectivity index (χ0n) is 13.4. The number of amides is 1. The van der Waals surface area contributed by atoms with Crippen LogP contribution in [0.3, 0.4) is 0 Å². The number of hydrogen-bond acceptors (Lipinski definition) is 4. The highest BCUT2D eigenvalue weighted by molar-refractivity contribution is 7.92. The van der Waals surface area contributed by atoms with Crippen molar-refractivity contribution in [3.05, 3.63) is 35.9 Å². The van der Waals surface area contributed by atoms with E-state index in [1.807, 2.05) is 30.3 Å². The van der Waals surface area contributed by atoms with Crippen LogP contribution >= 0.6 is 0 Å². The van der Waals surface area contributed by atoms with Gasteiger partial charge in [-0.1, -0.05) is 30.3 Å². The van der Waals surface area contributed by atoms with Crippen molar-refractivity contribution in [3.63, 3.8) is 0 Å². The Kier molecular flexibility index (Phi) is 4.12. The van der Waals surface area contributed by atoms with E-state index in [9.17, 15) is 13.2 Å². The largest absolute Gasteiger partial charge is 0.445 e. The molecule has 1 amide bonds. The Hall–Kier alpha value is -1.56. The third kappa shape index (κ3) is 3.22. The molecule has 1 aromatic rings. The van der Waals surface area contributed by atoms with Crippen molar-refractivity contribution in [1.29, 1.82) is 0 Å². The van der Waals surface area contributed by atoms with E-state index < -0.39 is 20.7 Å². The van der Waals surface area contributed by atoms with Gasteiger partial charge in [0.2, 0.25) is 0 Å². The van der Waals surface area contributed by atoms with Gasteiger partial charge in [-0.2, -0.15) is 0 Å². The summed E-state index contributed by atoms with van der Waals surface area (Å²) in [6, 6.07) is 9.55. The lowest BCUT2D eigenvalue weighted by atomic mass is 9.65. The van der Waals surface area contributed by atoms with E-state index in [1.54, 1.807) is 0 Å². The molecule has 3 fully saturated rings. The maximum atomic E-state index is 12.1. The second-order valence-corrected chi connectivity index (χ2v) is 9.33.